The zero-order valence-corrected chi connectivity index (χ0v) is 11.8. The van der Waals surface area contributed by atoms with Crippen molar-refractivity contribution in [2.75, 3.05) is 5.32 Å². The van der Waals surface area contributed by atoms with Gasteiger partial charge in [-0.1, -0.05) is 17.3 Å². The largest absolute Gasteiger partial charge is 0.489 e. The first-order valence-corrected chi connectivity index (χ1v) is 6.47. The third-order valence-corrected chi connectivity index (χ3v) is 2.63. The number of hydrogen-bond acceptors (Lipinski definition) is 4. The summed E-state index contributed by atoms with van der Waals surface area (Å²) in [5.41, 5.74) is 1.50. The molecule has 106 valence electrons. The van der Waals surface area contributed by atoms with Gasteiger partial charge in [-0.15, -0.1) is 5.10 Å². The Morgan fingerprint density at radius 1 is 1.40 bits per heavy atom. The van der Waals surface area contributed by atoms with E-state index in [0.29, 0.717) is 11.4 Å². The van der Waals surface area contributed by atoms with Gasteiger partial charge in [0.05, 0.1) is 23.7 Å². The van der Waals surface area contributed by atoms with Crippen LogP contribution in [0.15, 0.2) is 30.5 Å². The lowest BCUT2D eigenvalue weighted by Crippen LogP contribution is -2.21. The number of hydrogen-bond donors (Lipinski definition) is 1. The first-order chi connectivity index (χ1) is 9.56. The molecule has 1 amide bonds. The number of aryl methyl sites for hydroxylation is 1. The van der Waals surface area contributed by atoms with Gasteiger partial charge in [0, 0.05) is 0 Å². The molecule has 1 heterocycles. The Labute approximate surface area is 117 Å². The number of nitrogens with one attached hydrogen (secondary N) is 1. The zero-order chi connectivity index (χ0) is 14.5. The van der Waals surface area contributed by atoms with E-state index in [9.17, 15) is 4.79 Å². The zero-order valence-electron chi connectivity index (χ0n) is 11.8. The van der Waals surface area contributed by atoms with Crippen molar-refractivity contribution in [2.24, 2.45) is 0 Å². The van der Waals surface area contributed by atoms with Crippen molar-refractivity contribution in [2.45, 2.75) is 33.4 Å². The number of para-hydroxylation sites is 2. The minimum atomic E-state index is -0.168. The van der Waals surface area contributed by atoms with E-state index in [2.05, 4.69) is 15.6 Å². The summed E-state index contributed by atoms with van der Waals surface area (Å²) in [6, 6.07) is 7.36. The van der Waals surface area contributed by atoms with E-state index < -0.39 is 0 Å². The Bertz CT molecular complexity index is 592. The van der Waals surface area contributed by atoms with Crippen molar-refractivity contribution in [3.05, 3.63) is 36.2 Å². The maximum atomic E-state index is 12.0. The number of ether oxygens (including phenoxy) is 1. The highest BCUT2D eigenvalue weighted by atomic mass is 16.5. The van der Waals surface area contributed by atoms with Crippen LogP contribution in [0.5, 0.6) is 5.75 Å². The maximum Gasteiger partial charge on any atom is 0.246 e. The van der Waals surface area contributed by atoms with Crippen LogP contribution >= 0.6 is 0 Å². The summed E-state index contributed by atoms with van der Waals surface area (Å²) < 4.78 is 7.20. The highest BCUT2D eigenvalue weighted by Gasteiger charge is 2.10. The topological polar surface area (TPSA) is 69.0 Å². The number of carbonyl (C=O) groups excluding carboxylic acids is 1. The molecule has 2 aromatic rings. The van der Waals surface area contributed by atoms with Crippen molar-refractivity contribution < 1.29 is 9.53 Å². The first kappa shape index (κ1) is 14.0. The van der Waals surface area contributed by atoms with E-state index in [1.165, 1.54) is 0 Å². The molecule has 0 aliphatic rings. The summed E-state index contributed by atoms with van der Waals surface area (Å²) in [7, 11) is 0. The molecule has 0 aliphatic heterocycles. The molecule has 1 N–H and O–H groups in total. The van der Waals surface area contributed by atoms with Crippen molar-refractivity contribution in [3.8, 4) is 5.75 Å². The van der Waals surface area contributed by atoms with Gasteiger partial charge in [0.15, 0.2) is 0 Å². The van der Waals surface area contributed by atoms with Crippen molar-refractivity contribution in [3.63, 3.8) is 0 Å². The van der Waals surface area contributed by atoms with E-state index in [0.717, 1.165) is 5.69 Å². The molecule has 0 atom stereocenters. The van der Waals surface area contributed by atoms with Crippen molar-refractivity contribution in [1.29, 1.82) is 0 Å². The molecule has 6 nitrogen and oxygen atoms in total. The molecule has 0 aliphatic carbocycles. The van der Waals surface area contributed by atoms with Crippen LogP contribution in [0.2, 0.25) is 0 Å². The van der Waals surface area contributed by atoms with Gasteiger partial charge in [-0.25, -0.2) is 4.68 Å². The maximum absolute atomic E-state index is 12.0. The van der Waals surface area contributed by atoms with Crippen LogP contribution in [0.4, 0.5) is 5.69 Å². The van der Waals surface area contributed by atoms with E-state index in [1.807, 2.05) is 45.0 Å². The average molecular weight is 274 g/mol. The second kappa shape index (κ2) is 6.18. The molecule has 0 fully saturated rings. The van der Waals surface area contributed by atoms with E-state index >= 15 is 0 Å². The molecule has 0 saturated carbocycles. The molecule has 0 unspecified atom stereocenters. The smallest absolute Gasteiger partial charge is 0.246 e. The molecular weight excluding hydrogens is 256 g/mol. The molecule has 1 aromatic carbocycles. The second-order valence-electron chi connectivity index (χ2n) is 4.74. The lowest BCUT2D eigenvalue weighted by molar-refractivity contribution is -0.117. The van der Waals surface area contributed by atoms with Crippen LogP contribution in [0.25, 0.3) is 0 Å². The van der Waals surface area contributed by atoms with Gasteiger partial charge in [-0.3, -0.25) is 4.79 Å². The van der Waals surface area contributed by atoms with E-state index in [4.69, 9.17) is 4.74 Å². The van der Waals surface area contributed by atoms with E-state index in [1.54, 1.807) is 10.9 Å². The minimum Gasteiger partial charge on any atom is -0.489 e. The normalized spacial score (nSPS) is 10.6. The number of nitrogens with zero attached hydrogens (tertiary/aromatic N) is 3. The number of benzene rings is 1. The Morgan fingerprint density at radius 3 is 2.80 bits per heavy atom. The third-order valence-electron chi connectivity index (χ3n) is 2.63. The fourth-order valence-electron chi connectivity index (χ4n) is 1.72. The lowest BCUT2D eigenvalue weighted by atomic mass is 10.3. The molecule has 1 aromatic heterocycles. The van der Waals surface area contributed by atoms with Crippen molar-refractivity contribution >= 4 is 11.6 Å². The quantitative estimate of drug-likeness (QED) is 0.905. The summed E-state index contributed by atoms with van der Waals surface area (Å²) in [6.45, 7) is 5.86. The van der Waals surface area contributed by atoms with Crippen LogP contribution in [0.1, 0.15) is 19.5 Å². The Morgan fingerprint density at radius 2 is 2.15 bits per heavy atom. The molecule has 0 radical (unpaired) electrons. The van der Waals surface area contributed by atoms with Gasteiger partial charge in [0.1, 0.15) is 12.3 Å². The SMILES string of the molecule is Cc1cnnn1CC(=O)Nc1ccccc1OC(C)C. The highest BCUT2D eigenvalue weighted by molar-refractivity contribution is 5.92. The predicted molar refractivity (Wildman–Crippen MR) is 75.6 cm³/mol. The fourth-order valence-corrected chi connectivity index (χ4v) is 1.72. The van der Waals surface area contributed by atoms with Crippen LogP contribution in [0.3, 0.4) is 0 Å². The third kappa shape index (κ3) is 3.57. The van der Waals surface area contributed by atoms with Gasteiger partial charge in [0.25, 0.3) is 0 Å². The second-order valence-corrected chi connectivity index (χ2v) is 4.74. The fraction of sp³-hybridized carbons (Fsp3) is 0.357. The molecule has 20 heavy (non-hydrogen) atoms. The van der Waals surface area contributed by atoms with Crippen LogP contribution in [-0.2, 0) is 11.3 Å². The molecule has 0 bridgehead atoms. The van der Waals surface area contributed by atoms with Gasteiger partial charge >= 0.3 is 0 Å². The van der Waals surface area contributed by atoms with Crippen LogP contribution in [0, 0.1) is 6.92 Å². The van der Waals surface area contributed by atoms with Crippen LogP contribution < -0.4 is 10.1 Å². The summed E-state index contributed by atoms with van der Waals surface area (Å²) in [6.07, 6.45) is 1.66. The number of amides is 1. The van der Waals surface area contributed by atoms with Gasteiger partial charge in [-0.2, -0.15) is 0 Å². The monoisotopic (exact) mass is 274 g/mol. The van der Waals surface area contributed by atoms with E-state index in [-0.39, 0.29) is 18.6 Å². The first-order valence-electron chi connectivity index (χ1n) is 6.47. The summed E-state index contributed by atoms with van der Waals surface area (Å²) in [5.74, 6) is 0.490. The Kier molecular flexibility index (Phi) is 4.34. The lowest BCUT2D eigenvalue weighted by Gasteiger charge is -2.14. The number of rotatable bonds is 5. The Hall–Kier alpha value is -2.37. The van der Waals surface area contributed by atoms with Gasteiger partial charge in [-0.05, 0) is 32.9 Å². The molecule has 0 spiro atoms. The standard InChI is InChI=1S/C14H18N4O2/c1-10(2)20-13-7-5-4-6-12(13)16-14(19)9-18-11(3)8-15-17-18/h4-8,10H,9H2,1-3H3,(H,16,19). The highest BCUT2D eigenvalue weighted by Crippen LogP contribution is 2.24. The average Bonchev–Trinajstić information content (AvgIpc) is 2.77. The molecular formula is C14H18N4O2. The summed E-state index contributed by atoms with van der Waals surface area (Å²) in [5, 5.41) is 10.4. The van der Waals surface area contributed by atoms with Crippen molar-refractivity contribution in [1.82, 2.24) is 15.0 Å². The molecule has 0 saturated heterocycles. The van der Waals surface area contributed by atoms with Gasteiger partial charge < -0.3 is 10.1 Å². The molecule has 6 heteroatoms. The van der Waals surface area contributed by atoms with Gasteiger partial charge in [0.2, 0.25) is 5.91 Å². The number of aromatic nitrogens is 3. The Balaban J connectivity index is 2.06. The molecule has 2 rings (SSSR count). The predicted octanol–water partition coefficient (Wildman–Crippen LogP) is 2.01. The number of carbonyl (C=O) groups is 1. The summed E-state index contributed by atoms with van der Waals surface area (Å²) >= 11 is 0. The van der Waals surface area contributed by atoms with Crippen LogP contribution in [-0.4, -0.2) is 27.0 Å². The number of anilines is 1. The summed E-state index contributed by atoms with van der Waals surface area (Å²) in [4.78, 5) is 12.0. The minimum absolute atomic E-state index is 0.0469.